The molecule has 0 fully saturated rings. The summed E-state index contributed by atoms with van der Waals surface area (Å²) in [6.07, 6.45) is 0. The van der Waals surface area contributed by atoms with Crippen molar-refractivity contribution in [1.29, 1.82) is 0 Å². The van der Waals surface area contributed by atoms with E-state index in [9.17, 15) is 13.2 Å². The fourth-order valence-corrected chi connectivity index (χ4v) is 4.10. The van der Waals surface area contributed by atoms with Crippen molar-refractivity contribution in [3.05, 3.63) is 26.6 Å². The van der Waals surface area contributed by atoms with Crippen LogP contribution < -0.4 is 10.0 Å². The maximum Gasteiger partial charge on any atom is 0.242 e. The van der Waals surface area contributed by atoms with Crippen molar-refractivity contribution in [3.8, 4) is 0 Å². The first kappa shape index (κ1) is 17.6. The van der Waals surface area contributed by atoms with Gasteiger partial charge in [-0.3, -0.25) is 4.79 Å². The molecule has 1 rings (SSSR count). The zero-order valence-electron chi connectivity index (χ0n) is 11.3. The second kappa shape index (κ2) is 7.02. The molecule has 5 nitrogen and oxygen atoms in total. The number of carbonyl (C=O) groups excluding carboxylic acids is 1. The monoisotopic (exact) mass is 426 g/mol. The molecular weight excluding hydrogens is 412 g/mol. The molecule has 1 amide bonds. The SMILES string of the molecule is Cc1cc(Br)c(S(=O)(=O)NCC(=O)NC(C)C)cc1Br. The van der Waals surface area contributed by atoms with Crippen LogP contribution in [-0.2, 0) is 14.8 Å². The number of hydrogen-bond acceptors (Lipinski definition) is 3. The molecular formula is C12H16Br2N2O3S. The predicted octanol–water partition coefficient (Wildman–Crippen LogP) is 2.32. The van der Waals surface area contributed by atoms with Gasteiger partial charge in [0.15, 0.2) is 0 Å². The highest BCUT2D eigenvalue weighted by Crippen LogP contribution is 2.28. The van der Waals surface area contributed by atoms with Crippen LogP contribution in [0.15, 0.2) is 26.0 Å². The summed E-state index contributed by atoms with van der Waals surface area (Å²) in [5.41, 5.74) is 0.911. The Morgan fingerprint density at radius 2 is 1.85 bits per heavy atom. The van der Waals surface area contributed by atoms with Crippen LogP contribution in [0.3, 0.4) is 0 Å². The number of sulfonamides is 1. The summed E-state index contributed by atoms with van der Waals surface area (Å²) in [5, 5.41) is 2.62. The van der Waals surface area contributed by atoms with Crippen LogP contribution in [0, 0.1) is 6.92 Å². The summed E-state index contributed by atoms with van der Waals surface area (Å²) in [6, 6.07) is 3.17. The topological polar surface area (TPSA) is 75.3 Å². The van der Waals surface area contributed by atoms with Crippen LogP contribution in [0.2, 0.25) is 0 Å². The third-order valence-corrected chi connectivity index (χ3v) is 5.59. The number of halogens is 2. The maximum absolute atomic E-state index is 12.2. The van der Waals surface area contributed by atoms with Crippen molar-refractivity contribution >= 4 is 47.8 Å². The summed E-state index contributed by atoms with van der Waals surface area (Å²) in [7, 11) is -3.75. The Kier molecular flexibility index (Phi) is 6.18. The Morgan fingerprint density at radius 1 is 1.25 bits per heavy atom. The first-order valence-electron chi connectivity index (χ1n) is 5.88. The fourth-order valence-electron chi connectivity index (χ4n) is 1.45. The standard InChI is InChI=1S/C12H16Br2N2O3S/c1-7(2)16-12(17)6-15-20(18,19)11-5-9(13)8(3)4-10(11)14/h4-5,7,15H,6H2,1-3H3,(H,16,17). The predicted molar refractivity (Wildman–Crippen MR) is 85.0 cm³/mol. The molecule has 0 saturated carbocycles. The number of rotatable bonds is 5. The van der Waals surface area contributed by atoms with Crippen molar-refractivity contribution in [2.24, 2.45) is 0 Å². The summed E-state index contributed by atoms with van der Waals surface area (Å²) < 4.78 is 27.7. The molecule has 0 aliphatic rings. The zero-order valence-corrected chi connectivity index (χ0v) is 15.3. The van der Waals surface area contributed by atoms with Crippen LogP contribution >= 0.6 is 31.9 Å². The van der Waals surface area contributed by atoms with Crippen molar-refractivity contribution in [1.82, 2.24) is 10.0 Å². The number of carbonyl (C=O) groups is 1. The molecule has 0 atom stereocenters. The lowest BCUT2D eigenvalue weighted by molar-refractivity contribution is -0.120. The summed E-state index contributed by atoms with van der Waals surface area (Å²) in [6.45, 7) is 5.17. The number of hydrogen-bond donors (Lipinski definition) is 2. The lowest BCUT2D eigenvalue weighted by Gasteiger charge is -2.12. The molecule has 8 heteroatoms. The van der Waals surface area contributed by atoms with Gasteiger partial charge < -0.3 is 5.32 Å². The number of amides is 1. The Bertz CT molecular complexity index is 615. The minimum atomic E-state index is -3.75. The van der Waals surface area contributed by atoms with Gasteiger partial charge in [0.1, 0.15) is 0 Å². The van der Waals surface area contributed by atoms with Gasteiger partial charge in [-0.25, -0.2) is 13.1 Å². The molecule has 0 radical (unpaired) electrons. The van der Waals surface area contributed by atoms with Crippen LogP contribution in [0.25, 0.3) is 0 Å². The number of nitrogens with one attached hydrogen (secondary N) is 2. The van der Waals surface area contributed by atoms with E-state index in [0.29, 0.717) is 8.95 Å². The van der Waals surface area contributed by atoms with E-state index in [2.05, 4.69) is 41.9 Å². The Morgan fingerprint density at radius 3 is 2.40 bits per heavy atom. The highest BCUT2D eigenvalue weighted by Gasteiger charge is 2.20. The molecule has 112 valence electrons. The van der Waals surface area contributed by atoms with Gasteiger partial charge in [0.05, 0.1) is 11.4 Å². The van der Waals surface area contributed by atoms with Crippen molar-refractivity contribution in [2.75, 3.05) is 6.54 Å². The Labute approximate surface area is 135 Å². The molecule has 1 aromatic rings. The Hall–Kier alpha value is -0.440. The van der Waals surface area contributed by atoms with Crippen LogP contribution in [-0.4, -0.2) is 26.9 Å². The molecule has 0 aromatic heterocycles. The van der Waals surface area contributed by atoms with E-state index in [1.165, 1.54) is 6.07 Å². The van der Waals surface area contributed by atoms with E-state index in [-0.39, 0.29) is 23.4 Å². The Balaban J connectivity index is 2.90. The quantitative estimate of drug-likeness (QED) is 0.757. The molecule has 0 unspecified atom stereocenters. The first-order chi connectivity index (χ1) is 9.13. The minimum absolute atomic E-state index is 0.0349. The fraction of sp³-hybridized carbons (Fsp3) is 0.417. The highest BCUT2D eigenvalue weighted by molar-refractivity contribution is 9.11. The van der Waals surface area contributed by atoms with Gasteiger partial charge in [0.2, 0.25) is 15.9 Å². The normalized spacial score (nSPS) is 11.7. The molecule has 0 aliphatic heterocycles. The van der Waals surface area contributed by atoms with Crippen LogP contribution in [0.4, 0.5) is 0 Å². The highest BCUT2D eigenvalue weighted by atomic mass is 79.9. The number of benzene rings is 1. The average Bonchev–Trinajstić information content (AvgIpc) is 2.30. The largest absolute Gasteiger partial charge is 0.353 e. The van der Waals surface area contributed by atoms with Gasteiger partial charge in [-0.15, -0.1) is 0 Å². The first-order valence-corrected chi connectivity index (χ1v) is 8.95. The van der Waals surface area contributed by atoms with Gasteiger partial charge >= 0.3 is 0 Å². The van der Waals surface area contributed by atoms with Gasteiger partial charge in [0.25, 0.3) is 0 Å². The van der Waals surface area contributed by atoms with Crippen LogP contribution in [0.5, 0.6) is 0 Å². The van der Waals surface area contributed by atoms with Crippen molar-refractivity contribution in [2.45, 2.75) is 31.7 Å². The lowest BCUT2D eigenvalue weighted by atomic mass is 10.2. The van der Waals surface area contributed by atoms with E-state index >= 15 is 0 Å². The van der Waals surface area contributed by atoms with Crippen LogP contribution in [0.1, 0.15) is 19.4 Å². The molecule has 0 saturated heterocycles. The molecule has 0 heterocycles. The molecule has 0 aliphatic carbocycles. The van der Waals surface area contributed by atoms with Gasteiger partial charge in [-0.1, -0.05) is 15.9 Å². The van der Waals surface area contributed by atoms with E-state index in [4.69, 9.17) is 0 Å². The zero-order chi connectivity index (χ0) is 15.5. The van der Waals surface area contributed by atoms with Gasteiger partial charge in [-0.2, -0.15) is 0 Å². The second-order valence-electron chi connectivity index (χ2n) is 4.58. The molecule has 1 aromatic carbocycles. The third kappa shape index (κ3) is 4.83. The third-order valence-electron chi connectivity index (χ3n) is 2.38. The van der Waals surface area contributed by atoms with E-state index in [0.717, 1.165) is 5.56 Å². The molecule has 0 bridgehead atoms. The van der Waals surface area contributed by atoms with E-state index in [1.807, 2.05) is 6.92 Å². The summed E-state index contributed by atoms with van der Waals surface area (Å²) >= 11 is 6.52. The second-order valence-corrected chi connectivity index (χ2v) is 8.02. The maximum atomic E-state index is 12.2. The molecule has 0 spiro atoms. The molecule has 20 heavy (non-hydrogen) atoms. The summed E-state index contributed by atoms with van der Waals surface area (Å²) in [5.74, 6) is -0.370. The van der Waals surface area contributed by atoms with Gasteiger partial charge in [0, 0.05) is 15.0 Å². The van der Waals surface area contributed by atoms with E-state index < -0.39 is 10.0 Å². The van der Waals surface area contributed by atoms with Gasteiger partial charge in [-0.05, 0) is 54.4 Å². The number of aryl methyl sites for hydroxylation is 1. The average molecular weight is 428 g/mol. The molecule has 2 N–H and O–H groups in total. The summed E-state index contributed by atoms with van der Waals surface area (Å²) in [4.78, 5) is 11.6. The van der Waals surface area contributed by atoms with E-state index in [1.54, 1.807) is 19.9 Å². The smallest absolute Gasteiger partial charge is 0.242 e. The van der Waals surface area contributed by atoms with Crippen molar-refractivity contribution < 1.29 is 13.2 Å². The lowest BCUT2D eigenvalue weighted by Crippen LogP contribution is -2.39. The minimum Gasteiger partial charge on any atom is -0.353 e. The van der Waals surface area contributed by atoms with Crippen molar-refractivity contribution in [3.63, 3.8) is 0 Å².